The number of ether oxygens (including phenoxy) is 3. The minimum absolute atomic E-state index is 0.0543. The minimum Gasteiger partial charge on any atom is -0.489 e. The van der Waals surface area contributed by atoms with Gasteiger partial charge >= 0.3 is 0 Å². The van der Waals surface area contributed by atoms with E-state index in [1.807, 2.05) is 37.3 Å². The Balaban J connectivity index is 1.36. The standard InChI is InChI=1S/C26H28O9S/c1-17-7-13-21(14-8-17)36(30,31)33-16-22-23(27)24(28)25(29)26(35-22)34-20-11-9-19(10-12-20)32-15-18-5-3-2-4-6-18/h2-14,22-29H,15-16H2,1H3/t22-,23-,24+,25-,26-/m1/s1. The number of rotatable bonds is 9. The van der Waals surface area contributed by atoms with E-state index in [2.05, 4.69) is 0 Å². The van der Waals surface area contributed by atoms with Gasteiger partial charge < -0.3 is 29.5 Å². The molecule has 1 fully saturated rings. The molecule has 10 heteroatoms. The molecule has 1 heterocycles. The van der Waals surface area contributed by atoms with E-state index in [-0.39, 0.29) is 4.90 Å². The van der Waals surface area contributed by atoms with Crippen molar-refractivity contribution in [1.82, 2.24) is 0 Å². The summed E-state index contributed by atoms with van der Waals surface area (Å²) in [6.45, 7) is 1.62. The molecule has 0 unspecified atom stereocenters. The van der Waals surface area contributed by atoms with Crippen molar-refractivity contribution >= 4 is 10.1 Å². The Morgan fingerprint density at radius 1 is 0.806 bits per heavy atom. The predicted octanol–water partition coefficient (Wildman–Crippen LogP) is 2.17. The Kier molecular flexibility index (Phi) is 8.24. The van der Waals surface area contributed by atoms with Gasteiger partial charge in [-0.25, -0.2) is 0 Å². The Labute approximate surface area is 209 Å². The Hall–Kier alpha value is -2.99. The monoisotopic (exact) mass is 516 g/mol. The summed E-state index contributed by atoms with van der Waals surface area (Å²) < 4.78 is 47.0. The van der Waals surface area contributed by atoms with Gasteiger partial charge in [-0.05, 0) is 48.9 Å². The summed E-state index contributed by atoms with van der Waals surface area (Å²) in [5, 5.41) is 30.9. The first-order chi connectivity index (χ1) is 17.2. The zero-order valence-corrected chi connectivity index (χ0v) is 20.3. The zero-order chi connectivity index (χ0) is 25.7. The lowest BCUT2D eigenvalue weighted by Crippen LogP contribution is -2.60. The van der Waals surface area contributed by atoms with Crippen molar-refractivity contribution in [1.29, 1.82) is 0 Å². The van der Waals surface area contributed by atoms with Crippen LogP contribution in [0.3, 0.4) is 0 Å². The summed E-state index contributed by atoms with van der Waals surface area (Å²) in [5.74, 6) is 0.904. The van der Waals surface area contributed by atoms with Crippen molar-refractivity contribution in [3.8, 4) is 11.5 Å². The third-order valence-corrected chi connectivity index (χ3v) is 6.99. The molecule has 4 rings (SSSR count). The van der Waals surface area contributed by atoms with Crippen LogP contribution >= 0.6 is 0 Å². The van der Waals surface area contributed by atoms with E-state index in [1.54, 1.807) is 36.4 Å². The van der Waals surface area contributed by atoms with E-state index in [9.17, 15) is 23.7 Å². The fraction of sp³-hybridized carbons (Fsp3) is 0.308. The van der Waals surface area contributed by atoms with E-state index in [0.717, 1.165) is 11.1 Å². The third-order valence-electron chi connectivity index (χ3n) is 5.69. The molecule has 1 saturated heterocycles. The molecular formula is C26H28O9S. The molecule has 0 aromatic heterocycles. The number of aliphatic hydroxyl groups excluding tert-OH is 3. The smallest absolute Gasteiger partial charge is 0.297 e. The van der Waals surface area contributed by atoms with E-state index in [0.29, 0.717) is 18.1 Å². The van der Waals surface area contributed by atoms with Gasteiger partial charge in [0.1, 0.15) is 42.5 Å². The van der Waals surface area contributed by atoms with E-state index >= 15 is 0 Å². The van der Waals surface area contributed by atoms with Crippen LogP contribution in [0, 0.1) is 6.92 Å². The first-order valence-corrected chi connectivity index (χ1v) is 12.7. The van der Waals surface area contributed by atoms with Crippen LogP contribution in [-0.4, -0.2) is 61.1 Å². The molecule has 0 bridgehead atoms. The van der Waals surface area contributed by atoms with Crippen LogP contribution in [0.1, 0.15) is 11.1 Å². The fourth-order valence-corrected chi connectivity index (χ4v) is 4.49. The molecule has 3 aromatic carbocycles. The van der Waals surface area contributed by atoms with Gasteiger partial charge in [-0.15, -0.1) is 0 Å². The number of aliphatic hydroxyl groups is 3. The van der Waals surface area contributed by atoms with Crippen molar-refractivity contribution in [2.24, 2.45) is 0 Å². The van der Waals surface area contributed by atoms with Crippen LogP contribution in [0.15, 0.2) is 83.8 Å². The maximum Gasteiger partial charge on any atom is 0.297 e. The lowest BCUT2D eigenvalue weighted by Gasteiger charge is -2.39. The van der Waals surface area contributed by atoms with Gasteiger partial charge in [-0.2, -0.15) is 8.42 Å². The number of hydrogen-bond acceptors (Lipinski definition) is 9. The number of benzene rings is 3. The normalized spacial score (nSPS) is 24.3. The van der Waals surface area contributed by atoms with Crippen molar-refractivity contribution in [2.45, 2.75) is 49.1 Å². The van der Waals surface area contributed by atoms with Gasteiger partial charge in [0.25, 0.3) is 10.1 Å². The highest BCUT2D eigenvalue weighted by atomic mass is 32.2. The molecule has 0 radical (unpaired) electrons. The first kappa shape index (κ1) is 26.1. The van der Waals surface area contributed by atoms with Crippen LogP contribution in [0.5, 0.6) is 11.5 Å². The summed E-state index contributed by atoms with van der Waals surface area (Å²) in [5.41, 5.74) is 1.90. The van der Waals surface area contributed by atoms with Crippen LogP contribution in [0.25, 0.3) is 0 Å². The van der Waals surface area contributed by atoms with Crippen LogP contribution < -0.4 is 9.47 Å². The van der Waals surface area contributed by atoms with Gasteiger partial charge in [0, 0.05) is 0 Å². The summed E-state index contributed by atoms with van der Waals surface area (Å²) in [6, 6.07) is 22.3. The second-order valence-electron chi connectivity index (χ2n) is 8.43. The Morgan fingerprint density at radius 2 is 1.44 bits per heavy atom. The topological polar surface area (TPSA) is 132 Å². The molecule has 36 heavy (non-hydrogen) atoms. The lowest BCUT2D eigenvalue weighted by atomic mass is 9.99. The highest BCUT2D eigenvalue weighted by Crippen LogP contribution is 2.27. The molecule has 3 N–H and O–H groups in total. The summed E-state index contributed by atoms with van der Waals surface area (Å²) in [7, 11) is -4.13. The van der Waals surface area contributed by atoms with Gasteiger partial charge in [-0.3, -0.25) is 4.18 Å². The van der Waals surface area contributed by atoms with Gasteiger partial charge in [0.05, 0.1) is 11.5 Å². The van der Waals surface area contributed by atoms with Gasteiger partial charge in [-0.1, -0.05) is 48.0 Å². The molecule has 0 spiro atoms. The van der Waals surface area contributed by atoms with Gasteiger partial charge in [0.15, 0.2) is 0 Å². The quantitative estimate of drug-likeness (QED) is 0.366. The van der Waals surface area contributed by atoms with Crippen molar-refractivity contribution in [2.75, 3.05) is 6.61 Å². The second-order valence-corrected chi connectivity index (χ2v) is 10.0. The highest BCUT2D eigenvalue weighted by molar-refractivity contribution is 7.86. The lowest BCUT2D eigenvalue weighted by molar-refractivity contribution is -0.276. The first-order valence-electron chi connectivity index (χ1n) is 11.3. The molecule has 3 aromatic rings. The molecule has 0 aliphatic carbocycles. The summed E-state index contributed by atoms with van der Waals surface area (Å²) >= 11 is 0. The van der Waals surface area contributed by atoms with E-state index in [1.165, 1.54) is 12.1 Å². The molecular weight excluding hydrogens is 488 g/mol. The minimum atomic E-state index is -4.13. The van der Waals surface area contributed by atoms with Crippen molar-refractivity contribution in [3.63, 3.8) is 0 Å². The number of hydrogen-bond donors (Lipinski definition) is 3. The molecule has 0 amide bonds. The van der Waals surface area contributed by atoms with Gasteiger partial charge in [0.2, 0.25) is 6.29 Å². The van der Waals surface area contributed by atoms with Crippen molar-refractivity contribution in [3.05, 3.63) is 90.0 Å². The largest absolute Gasteiger partial charge is 0.489 e. The van der Waals surface area contributed by atoms with E-state index < -0.39 is 47.4 Å². The van der Waals surface area contributed by atoms with E-state index in [4.69, 9.17) is 18.4 Å². The fourth-order valence-electron chi connectivity index (χ4n) is 3.57. The summed E-state index contributed by atoms with van der Waals surface area (Å²) in [6.07, 6.45) is -7.48. The number of aryl methyl sites for hydroxylation is 1. The maximum atomic E-state index is 12.5. The molecule has 1 aliphatic rings. The second kappa shape index (κ2) is 11.4. The molecule has 0 saturated carbocycles. The highest BCUT2D eigenvalue weighted by Gasteiger charge is 2.45. The average molecular weight is 517 g/mol. The Bertz CT molecular complexity index is 1210. The molecule has 5 atom stereocenters. The van der Waals surface area contributed by atoms with Crippen LogP contribution in [0.2, 0.25) is 0 Å². The SMILES string of the molecule is Cc1ccc(S(=O)(=O)OC[C@H]2O[C@@H](Oc3ccc(OCc4ccccc4)cc3)[C@H](O)[C@@H](O)[C@@H]2O)cc1. The van der Waals surface area contributed by atoms with Crippen molar-refractivity contribution < 1.29 is 42.1 Å². The predicted molar refractivity (Wildman–Crippen MR) is 129 cm³/mol. The third kappa shape index (κ3) is 6.41. The zero-order valence-electron chi connectivity index (χ0n) is 19.5. The summed E-state index contributed by atoms with van der Waals surface area (Å²) in [4.78, 5) is -0.0543. The van der Waals surface area contributed by atoms with Crippen LogP contribution in [-0.2, 0) is 25.6 Å². The molecule has 1 aliphatic heterocycles. The average Bonchev–Trinajstić information content (AvgIpc) is 2.89. The molecule has 192 valence electrons. The van der Waals surface area contributed by atoms with Crippen LogP contribution in [0.4, 0.5) is 0 Å². The maximum absolute atomic E-state index is 12.5. The Morgan fingerprint density at radius 3 is 2.11 bits per heavy atom. The molecule has 9 nitrogen and oxygen atoms in total.